The minimum Gasteiger partial charge on any atom is -0.497 e. The van der Waals surface area contributed by atoms with Gasteiger partial charge in [0.1, 0.15) is 11.4 Å². The maximum Gasteiger partial charge on any atom is 0.230 e. The van der Waals surface area contributed by atoms with Gasteiger partial charge in [-0.25, -0.2) is 0 Å². The lowest BCUT2D eigenvalue weighted by atomic mass is 9.76. The van der Waals surface area contributed by atoms with Gasteiger partial charge in [-0.1, -0.05) is 30.4 Å². The van der Waals surface area contributed by atoms with Crippen molar-refractivity contribution in [3.05, 3.63) is 54.6 Å². The normalized spacial score (nSPS) is 30.5. The number of likely N-dealkylation sites (N-methyl/N-ethyl adjacent to an activating group) is 1. The van der Waals surface area contributed by atoms with Crippen LogP contribution in [0.4, 0.5) is 0 Å². The highest BCUT2D eigenvalue weighted by molar-refractivity contribution is 5.93. The van der Waals surface area contributed by atoms with E-state index in [1.165, 1.54) is 0 Å². The van der Waals surface area contributed by atoms with E-state index in [0.717, 1.165) is 11.3 Å². The van der Waals surface area contributed by atoms with E-state index in [1.807, 2.05) is 36.4 Å². The number of hydrogen-bond acceptors (Lipinski definition) is 4. The predicted octanol–water partition coefficient (Wildman–Crippen LogP) is 1.62. The number of likely N-dealkylation sites (tertiary alicyclic amines) is 1. The van der Waals surface area contributed by atoms with Crippen molar-refractivity contribution in [1.29, 1.82) is 0 Å². The summed E-state index contributed by atoms with van der Waals surface area (Å²) in [7, 11) is 3.36. The van der Waals surface area contributed by atoms with Crippen LogP contribution in [0.15, 0.2) is 49.1 Å². The molecule has 3 heterocycles. The first-order chi connectivity index (χ1) is 13.0. The summed E-state index contributed by atoms with van der Waals surface area (Å²) in [5, 5.41) is 0. The minimum atomic E-state index is -0.685. The van der Waals surface area contributed by atoms with Crippen LogP contribution in [0.3, 0.4) is 0 Å². The topological polar surface area (TPSA) is 59.1 Å². The molecule has 0 radical (unpaired) electrons. The van der Waals surface area contributed by atoms with Gasteiger partial charge in [-0.15, -0.1) is 6.58 Å². The van der Waals surface area contributed by atoms with Crippen molar-refractivity contribution in [2.45, 2.75) is 18.2 Å². The van der Waals surface area contributed by atoms with Gasteiger partial charge in [0.05, 0.1) is 31.6 Å². The molecular weight excluding hydrogens is 344 g/mol. The average molecular weight is 368 g/mol. The van der Waals surface area contributed by atoms with E-state index in [1.54, 1.807) is 30.0 Å². The Hall–Kier alpha value is -2.60. The molecule has 2 bridgehead atoms. The first-order valence-corrected chi connectivity index (χ1v) is 9.14. The Kier molecular flexibility index (Phi) is 4.30. The van der Waals surface area contributed by atoms with Gasteiger partial charge >= 0.3 is 0 Å². The molecule has 6 nitrogen and oxygen atoms in total. The van der Waals surface area contributed by atoms with Crippen LogP contribution in [0.1, 0.15) is 5.56 Å². The SMILES string of the molecule is C=CCN(C)C(=O)C1C2C(=O)N(Cc3cccc(OC)c3)C[C@]23C=C[C@H]1O3. The van der Waals surface area contributed by atoms with Crippen molar-refractivity contribution in [3.63, 3.8) is 0 Å². The summed E-state index contributed by atoms with van der Waals surface area (Å²) >= 11 is 0. The predicted molar refractivity (Wildman–Crippen MR) is 100.0 cm³/mol. The van der Waals surface area contributed by atoms with Gasteiger partial charge in [-0.05, 0) is 17.7 Å². The van der Waals surface area contributed by atoms with Gasteiger partial charge in [-0.3, -0.25) is 9.59 Å². The Morgan fingerprint density at radius 1 is 1.52 bits per heavy atom. The monoisotopic (exact) mass is 368 g/mol. The van der Waals surface area contributed by atoms with Gasteiger partial charge in [0.2, 0.25) is 11.8 Å². The maximum absolute atomic E-state index is 13.2. The molecule has 4 atom stereocenters. The number of nitrogens with zero attached hydrogens (tertiary/aromatic N) is 2. The van der Waals surface area contributed by atoms with Gasteiger partial charge in [0, 0.05) is 20.1 Å². The van der Waals surface area contributed by atoms with E-state index in [2.05, 4.69) is 6.58 Å². The molecule has 1 aromatic carbocycles. The van der Waals surface area contributed by atoms with Crippen LogP contribution in [0.25, 0.3) is 0 Å². The summed E-state index contributed by atoms with van der Waals surface area (Å²) < 4.78 is 11.4. The molecule has 2 amide bonds. The van der Waals surface area contributed by atoms with Crippen molar-refractivity contribution >= 4 is 11.8 Å². The standard InChI is InChI=1S/C21H24N2O4/c1-4-10-22(2)19(24)17-16-8-9-21(27-16)13-23(20(25)18(17)21)12-14-6-5-7-15(11-14)26-3/h4-9,11,16-18H,1,10,12-13H2,2-3H3/t16-,17?,18?,21-/m1/s1. The third-order valence-electron chi connectivity index (χ3n) is 5.75. The Morgan fingerprint density at radius 2 is 2.33 bits per heavy atom. The molecule has 0 aromatic heterocycles. The number of fused-ring (bicyclic) bond motifs is 1. The Morgan fingerprint density at radius 3 is 3.07 bits per heavy atom. The second kappa shape index (κ2) is 6.53. The highest BCUT2D eigenvalue weighted by Crippen LogP contribution is 2.52. The number of methoxy groups -OCH3 is 1. The van der Waals surface area contributed by atoms with E-state index in [9.17, 15) is 9.59 Å². The summed E-state index contributed by atoms with van der Waals surface area (Å²) in [5.41, 5.74) is 0.305. The van der Waals surface area contributed by atoms with Gasteiger partial charge in [0.15, 0.2) is 0 Å². The fourth-order valence-electron chi connectivity index (χ4n) is 4.52. The second-order valence-electron chi connectivity index (χ2n) is 7.45. The molecule has 2 saturated heterocycles. The first-order valence-electron chi connectivity index (χ1n) is 9.14. The smallest absolute Gasteiger partial charge is 0.230 e. The summed E-state index contributed by atoms with van der Waals surface area (Å²) in [5.74, 6) is -0.253. The summed E-state index contributed by atoms with van der Waals surface area (Å²) in [6, 6.07) is 7.68. The molecule has 0 saturated carbocycles. The van der Waals surface area contributed by atoms with Crippen molar-refractivity contribution < 1.29 is 19.1 Å². The van der Waals surface area contributed by atoms with E-state index < -0.39 is 17.4 Å². The molecule has 142 valence electrons. The zero-order valence-corrected chi connectivity index (χ0v) is 15.6. The maximum atomic E-state index is 13.2. The lowest BCUT2D eigenvalue weighted by Crippen LogP contribution is -2.44. The molecule has 1 aromatic rings. The molecule has 6 heteroatoms. The molecule has 1 spiro atoms. The molecule has 2 fully saturated rings. The summed E-state index contributed by atoms with van der Waals surface area (Å²) in [6.07, 6.45) is 5.27. The van der Waals surface area contributed by atoms with Crippen LogP contribution in [-0.4, -0.2) is 60.6 Å². The molecule has 4 rings (SSSR count). The lowest BCUT2D eigenvalue weighted by Gasteiger charge is -2.27. The molecule has 0 N–H and O–H groups in total. The average Bonchev–Trinajstić information content (AvgIpc) is 3.30. The zero-order valence-electron chi connectivity index (χ0n) is 15.6. The fourth-order valence-corrected chi connectivity index (χ4v) is 4.52. The van der Waals surface area contributed by atoms with Gasteiger partial charge in [-0.2, -0.15) is 0 Å². The number of carbonyl (C=O) groups is 2. The van der Waals surface area contributed by atoms with E-state index >= 15 is 0 Å². The summed E-state index contributed by atoms with van der Waals surface area (Å²) in [4.78, 5) is 29.6. The number of ether oxygens (including phenoxy) is 2. The Bertz CT molecular complexity index is 820. The highest BCUT2D eigenvalue weighted by Gasteiger charge is 2.66. The highest BCUT2D eigenvalue weighted by atomic mass is 16.5. The van der Waals surface area contributed by atoms with Crippen LogP contribution < -0.4 is 4.74 Å². The molecule has 3 aliphatic heterocycles. The lowest BCUT2D eigenvalue weighted by molar-refractivity contribution is -0.142. The Balaban J connectivity index is 1.57. The van der Waals surface area contributed by atoms with Crippen molar-refractivity contribution in [2.75, 3.05) is 27.2 Å². The van der Waals surface area contributed by atoms with Gasteiger partial charge in [0.25, 0.3) is 0 Å². The molecule has 27 heavy (non-hydrogen) atoms. The molecule has 0 aliphatic carbocycles. The van der Waals surface area contributed by atoms with Crippen molar-refractivity contribution in [3.8, 4) is 5.75 Å². The third kappa shape index (κ3) is 2.75. The Labute approximate surface area is 159 Å². The van der Waals surface area contributed by atoms with Crippen molar-refractivity contribution in [1.82, 2.24) is 9.80 Å². The van der Waals surface area contributed by atoms with E-state index in [-0.39, 0.29) is 17.9 Å². The largest absolute Gasteiger partial charge is 0.497 e. The van der Waals surface area contributed by atoms with Crippen LogP contribution in [-0.2, 0) is 20.9 Å². The second-order valence-corrected chi connectivity index (χ2v) is 7.45. The number of carbonyl (C=O) groups excluding carboxylic acids is 2. The molecule has 2 unspecified atom stereocenters. The van der Waals surface area contributed by atoms with E-state index in [0.29, 0.717) is 19.6 Å². The summed E-state index contributed by atoms with van der Waals surface area (Å²) in [6.45, 7) is 5.08. The fraction of sp³-hybridized carbons (Fsp3) is 0.429. The first kappa shape index (κ1) is 17.8. The number of amides is 2. The quantitative estimate of drug-likeness (QED) is 0.716. The van der Waals surface area contributed by atoms with Crippen LogP contribution in [0, 0.1) is 11.8 Å². The number of benzene rings is 1. The third-order valence-corrected chi connectivity index (χ3v) is 5.75. The van der Waals surface area contributed by atoms with Gasteiger partial charge < -0.3 is 19.3 Å². The van der Waals surface area contributed by atoms with Crippen LogP contribution >= 0.6 is 0 Å². The number of rotatable bonds is 6. The van der Waals surface area contributed by atoms with E-state index in [4.69, 9.17) is 9.47 Å². The van der Waals surface area contributed by atoms with Crippen LogP contribution in [0.5, 0.6) is 5.75 Å². The van der Waals surface area contributed by atoms with Crippen molar-refractivity contribution in [2.24, 2.45) is 11.8 Å². The molecular formula is C21H24N2O4. The molecule has 3 aliphatic rings. The zero-order chi connectivity index (χ0) is 19.2. The minimum absolute atomic E-state index is 0.0185. The van der Waals surface area contributed by atoms with Crippen LogP contribution in [0.2, 0.25) is 0 Å². The number of hydrogen-bond donors (Lipinski definition) is 0.